The van der Waals surface area contributed by atoms with E-state index in [4.69, 9.17) is 28.9 Å². The molecule has 0 fully saturated rings. The van der Waals surface area contributed by atoms with Crippen LogP contribution >= 0.6 is 66.4 Å². The Bertz CT molecular complexity index is 829. The Morgan fingerprint density at radius 1 is 1.14 bits per heavy atom. The molecule has 0 unspecified atom stereocenters. The van der Waals surface area contributed by atoms with Crippen molar-refractivity contribution in [3.8, 4) is 22.4 Å². The Morgan fingerprint density at radius 3 is 2.52 bits per heavy atom. The fraction of sp³-hybridized carbons (Fsp3) is 0. The highest BCUT2D eigenvalue weighted by molar-refractivity contribution is 9.12. The number of hydrogen-bond donors (Lipinski definition) is 2. The Kier molecular flexibility index (Phi) is 4.34. The van der Waals surface area contributed by atoms with Gasteiger partial charge in [-0.2, -0.15) is 5.10 Å². The van der Waals surface area contributed by atoms with Crippen molar-refractivity contribution in [3.05, 3.63) is 41.9 Å². The number of rotatable bonds is 2. The lowest BCUT2D eigenvalue weighted by atomic mass is 10.0. The predicted molar refractivity (Wildman–Crippen MR) is 97.2 cm³/mol. The van der Waals surface area contributed by atoms with E-state index in [-0.39, 0.29) is 0 Å². The monoisotopic (exact) mass is 465 g/mol. The van der Waals surface area contributed by atoms with Crippen molar-refractivity contribution in [2.45, 2.75) is 0 Å². The van der Waals surface area contributed by atoms with E-state index in [1.807, 2.05) is 12.1 Å². The SMILES string of the molecule is Nc1n[nH]c(-c2cc(Br)sc2Br)c1-c1ccc(Cl)c(Cl)c1. The summed E-state index contributed by atoms with van der Waals surface area (Å²) in [6, 6.07) is 7.40. The van der Waals surface area contributed by atoms with E-state index >= 15 is 0 Å². The number of nitrogen functional groups attached to an aromatic ring is 1. The van der Waals surface area contributed by atoms with Crippen LogP contribution in [-0.4, -0.2) is 10.2 Å². The second-order valence-corrected chi connectivity index (χ2v) is 8.79. The van der Waals surface area contributed by atoms with Crippen molar-refractivity contribution in [2.24, 2.45) is 0 Å². The fourth-order valence-electron chi connectivity index (χ4n) is 2.01. The number of thiophene rings is 1. The molecule has 0 aliphatic carbocycles. The van der Waals surface area contributed by atoms with Gasteiger partial charge >= 0.3 is 0 Å². The number of nitrogens with one attached hydrogen (secondary N) is 1. The lowest BCUT2D eigenvalue weighted by Crippen LogP contribution is -1.89. The first-order valence-electron chi connectivity index (χ1n) is 5.72. The molecular formula is C13H7Br2Cl2N3S. The molecule has 0 spiro atoms. The van der Waals surface area contributed by atoms with Crippen LogP contribution in [0.15, 0.2) is 31.8 Å². The first-order chi connectivity index (χ1) is 9.97. The lowest BCUT2D eigenvalue weighted by Gasteiger charge is -2.05. The molecule has 0 saturated carbocycles. The smallest absolute Gasteiger partial charge is 0.153 e. The Labute approximate surface area is 151 Å². The van der Waals surface area contributed by atoms with Crippen LogP contribution in [0.4, 0.5) is 5.82 Å². The third-order valence-corrected chi connectivity index (χ3v) is 6.01. The van der Waals surface area contributed by atoms with E-state index in [0.29, 0.717) is 15.9 Å². The molecule has 3 nitrogen and oxygen atoms in total. The lowest BCUT2D eigenvalue weighted by molar-refractivity contribution is 1.10. The summed E-state index contributed by atoms with van der Waals surface area (Å²) < 4.78 is 2.00. The topological polar surface area (TPSA) is 54.7 Å². The number of aromatic amines is 1. The number of benzene rings is 1. The van der Waals surface area contributed by atoms with Crippen LogP contribution < -0.4 is 5.73 Å². The van der Waals surface area contributed by atoms with Gasteiger partial charge in [0, 0.05) is 5.56 Å². The second-order valence-electron chi connectivity index (χ2n) is 4.23. The highest BCUT2D eigenvalue weighted by Gasteiger charge is 2.19. The van der Waals surface area contributed by atoms with Gasteiger partial charge in [-0.1, -0.05) is 29.3 Å². The number of anilines is 1. The van der Waals surface area contributed by atoms with Crippen molar-refractivity contribution in [1.29, 1.82) is 0 Å². The molecule has 8 heteroatoms. The third-order valence-electron chi connectivity index (χ3n) is 2.93. The number of aromatic nitrogens is 2. The molecule has 0 amide bonds. The summed E-state index contributed by atoms with van der Waals surface area (Å²) in [5.41, 5.74) is 9.50. The molecule has 2 heterocycles. The van der Waals surface area contributed by atoms with Crippen LogP contribution in [0, 0.1) is 0 Å². The van der Waals surface area contributed by atoms with E-state index in [9.17, 15) is 0 Å². The predicted octanol–water partition coefficient (Wildman–Crippen LogP) is 6.22. The normalized spacial score (nSPS) is 11.0. The highest BCUT2D eigenvalue weighted by atomic mass is 79.9. The molecule has 3 rings (SSSR count). The van der Waals surface area contributed by atoms with Crippen LogP contribution in [0.1, 0.15) is 0 Å². The summed E-state index contributed by atoms with van der Waals surface area (Å²) in [7, 11) is 0. The van der Waals surface area contributed by atoms with E-state index in [0.717, 1.165) is 30.0 Å². The van der Waals surface area contributed by atoms with Crippen LogP contribution in [0.2, 0.25) is 10.0 Å². The minimum Gasteiger partial charge on any atom is -0.382 e. The molecule has 0 aliphatic rings. The molecular weight excluding hydrogens is 461 g/mol. The van der Waals surface area contributed by atoms with Crippen molar-refractivity contribution < 1.29 is 0 Å². The Hall–Kier alpha value is -0.530. The Morgan fingerprint density at radius 2 is 1.90 bits per heavy atom. The van der Waals surface area contributed by atoms with Gasteiger partial charge in [0.25, 0.3) is 0 Å². The average Bonchev–Trinajstić information content (AvgIpc) is 2.95. The highest BCUT2D eigenvalue weighted by Crippen LogP contribution is 2.43. The van der Waals surface area contributed by atoms with Crippen LogP contribution in [-0.2, 0) is 0 Å². The molecule has 108 valence electrons. The molecule has 0 bridgehead atoms. The van der Waals surface area contributed by atoms with Gasteiger partial charge in [-0.3, -0.25) is 5.10 Å². The zero-order chi connectivity index (χ0) is 15.1. The molecule has 2 aromatic heterocycles. The van der Waals surface area contributed by atoms with Crippen LogP contribution in [0.25, 0.3) is 22.4 Å². The number of hydrogen-bond acceptors (Lipinski definition) is 3. The summed E-state index contributed by atoms with van der Waals surface area (Å²) in [5.74, 6) is 0.414. The number of nitrogens with zero attached hydrogens (tertiary/aromatic N) is 1. The summed E-state index contributed by atoms with van der Waals surface area (Å²) >= 11 is 20.7. The van der Waals surface area contributed by atoms with Crippen molar-refractivity contribution in [3.63, 3.8) is 0 Å². The van der Waals surface area contributed by atoms with Gasteiger partial charge in [0.05, 0.1) is 28.9 Å². The number of H-pyrrole nitrogens is 1. The quantitative estimate of drug-likeness (QED) is 0.470. The molecule has 0 saturated heterocycles. The van der Waals surface area contributed by atoms with Gasteiger partial charge in [0.15, 0.2) is 5.82 Å². The van der Waals surface area contributed by atoms with Crippen LogP contribution in [0.5, 0.6) is 0 Å². The van der Waals surface area contributed by atoms with E-state index in [2.05, 4.69) is 42.1 Å². The second kappa shape index (κ2) is 5.93. The molecule has 0 radical (unpaired) electrons. The van der Waals surface area contributed by atoms with Crippen molar-refractivity contribution >= 4 is 72.2 Å². The maximum atomic E-state index is 6.10. The maximum absolute atomic E-state index is 6.10. The molecule has 3 N–H and O–H groups in total. The summed E-state index contributed by atoms with van der Waals surface area (Å²) in [6.45, 7) is 0. The maximum Gasteiger partial charge on any atom is 0.153 e. The molecule has 0 atom stereocenters. The minimum absolute atomic E-state index is 0.414. The van der Waals surface area contributed by atoms with E-state index in [1.54, 1.807) is 23.5 Å². The van der Waals surface area contributed by atoms with Gasteiger partial charge < -0.3 is 5.73 Å². The van der Waals surface area contributed by atoms with Gasteiger partial charge in [-0.15, -0.1) is 11.3 Å². The molecule has 3 aromatic rings. The number of nitrogens with two attached hydrogens (primary N) is 1. The standard InChI is InChI=1S/C13H7Br2Cl2N3S/c14-9-4-6(12(15)21-9)11-10(13(18)20-19-11)5-1-2-7(16)8(17)3-5/h1-4H,(H3,18,19,20). The average molecular weight is 468 g/mol. The molecule has 0 aliphatic heterocycles. The summed E-state index contributed by atoms with van der Waals surface area (Å²) in [5, 5.41) is 8.08. The largest absolute Gasteiger partial charge is 0.382 e. The molecule has 21 heavy (non-hydrogen) atoms. The van der Waals surface area contributed by atoms with Crippen molar-refractivity contribution in [2.75, 3.05) is 5.73 Å². The summed E-state index contributed by atoms with van der Waals surface area (Å²) in [6.07, 6.45) is 0. The summed E-state index contributed by atoms with van der Waals surface area (Å²) in [4.78, 5) is 0. The zero-order valence-electron chi connectivity index (χ0n) is 10.3. The first kappa shape index (κ1) is 15.4. The van der Waals surface area contributed by atoms with Gasteiger partial charge in [0.2, 0.25) is 0 Å². The number of halogens is 4. The minimum atomic E-state index is 0.414. The first-order valence-corrected chi connectivity index (χ1v) is 8.87. The Balaban J connectivity index is 2.21. The zero-order valence-corrected chi connectivity index (χ0v) is 15.8. The van der Waals surface area contributed by atoms with Gasteiger partial charge in [0.1, 0.15) is 0 Å². The fourth-order valence-corrected chi connectivity index (χ4v) is 5.12. The van der Waals surface area contributed by atoms with Gasteiger partial charge in [-0.05, 0) is 55.6 Å². The third kappa shape index (κ3) is 2.87. The molecule has 1 aromatic carbocycles. The van der Waals surface area contributed by atoms with Crippen molar-refractivity contribution in [1.82, 2.24) is 10.2 Å². The van der Waals surface area contributed by atoms with Crippen LogP contribution in [0.3, 0.4) is 0 Å². The van der Waals surface area contributed by atoms with Gasteiger partial charge in [-0.25, -0.2) is 0 Å². The van der Waals surface area contributed by atoms with E-state index < -0.39 is 0 Å². The van der Waals surface area contributed by atoms with E-state index in [1.165, 1.54) is 0 Å².